The molecule has 0 aliphatic heterocycles. The number of nitrogens with zero attached hydrogens (tertiary/aromatic N) is 3. The second-order valence-corrected chi connectivity index (χ2v) is 7.78. The van der Waals surface area contributed by atoms with Gasteiger partial charge in [-0.05, 0) is 37.8 Å². The van der Waals surface area contributed by atoms with Crippen LogP contribution in [0, 0.1) is 5.41 Å². The summed E-state index contributed by atoms with van der Waals surface area (Å²) < 4.78 is 6.02. The smallest absolute Gasteiger partial charge is 0.191 e. The van der Waals surface area contributed by atoms with Crippen LogP contribution in [0.3, 0.4) is 0 Å². The molecule has 2 aliphatic rings. The minimum absolute atomic E-state index is 0.292. The Labute approximate surface area is 166 Å². The first-order valence-corrected chi connectivity index (χ1v) is 10.3. The van der Waals surface area contributed by atoms with Gasteiger partial charge in [-0.3, -0.25) is 10.1 Å². The van der Waals surface area contributed by atoms with Crippen molar-refractivity contribution >= 4 is 5.96 Å². The zero-order chi connectivity index (χ0) is 19.4. The van der Waals surface area contributed by atoms with E-state index in [1.54, 1.807) is 0 Å². The van der Waals surface area contributed by atoms with E-state index in [0.717, 1.165) is 30.4 Å². The molecule has 3 N–H and O–H groups in total. The van der Waals surface area contributed by atoms with Gasteiger partial charge >= 0.3 is 0 Å². The summed E-state index contributed by atoms with van der Waals surface area (Å²) in [6.07, 6.45) is 8.12. The number of nitrogens with one attached hydrogen (secondary N) is 3. The van der Waals surface area contributed by atoms with E-state index in [0.29, 0.717) is 24.1 Å². The van der Waals surface area contributed by atoms with E-state index in [2.05, 4.69) is 49.9 Å². The molecule has 1 aromatic carbocycles. The van der Waals surface area contributed by atoms with Crippen LogP contribution in [-0.4, -0.2) is 46.9 Å². The number of H-pyrrole nitrogens is 1. The Balaban J connectivity index is 1.36. The maximum absolute atomic E-state index is 6.02. The quantitative estimate of drug-likeness (QED) is 0.528. The zero-order valence-electron chi connectivity index (χ0n) is 16.7. The molecule has 2 aliphatic carbocycles. The molecule has 2 unspecified atom stereocenters. The predicted octanol–water partition coefficient (Wildman–Crippen LogP) is 2.87. The maximum atomic E-state index is 6.02. The van der Waals surface area contributed by atoms with Crippen LogP contribution in [0.2, 0.25) is 0 Å². The van der Waals surface area contributed by atoms with Crippen molar-refractivity contribution < 1.29 is 4.74 Å². The molecule has 150 valence electrons. The van der Waals surface area contributed by atoms with Crippen molar-refractivity contribution in [3.63, 3.8) is 0 Å². The van der Waals surface area contributed by atoms with Crippen molar-refractivity contribution in [2.75, 3.05) is 13.7 Å². The van der Waals surface area contributed by atoms with Gasteiger partial charge in [-0.25, -0.2) is 4.98 Å². The summed E-state index contributed by atoms with van der Waals surface area (Å²) in [5.74, 6) is 1.64. The third-order valence-electron chi connectivity index (χ3n) is 6.30. The van der Waals surface area contributed by atoms with E-state index in [4.69, 9.17) is 4.74 Å². The van der Waals surface area contributed by atoms with E-state index in [-0.39, 0.29) is 0 Å². The van der Waals surface area contributed by atoms with Gasteiger partial charge in [-0.1, -0.05) is 31.0 Å². The fourth-order valence-corrected chi connectivity index (χ4v) is 4.81. The predicted molar refractivity (Wildman–Crippen MR) is 110 cm³/mol. The third-order valence-corrected chi connectivity index (χ3v) is 6.30. The number of guanidine groups is 1. The van der Waals surface area contributed by atoms with Gasteiger partial charge in [0.05, 0.1) is 6.10 Å². The molecule has 1 aromatic heterocycles. The van der Waals surface area contributed by atoms with Crippen molar-refractivity contribution in [3.05, 3.63) is 36.2 Å². The van der Waals surface area contributed by atoms with Gasteiger partial charge in [0, 0.05) is 37.2 Å². The van der Waals surface area contributed by atoms with E-state index < -0.39 is 0 Å². The molecule has 2 fully saturated rings. The van der Waals surface area contributed by atoms with Crippen LogP contribution in [0.25, 0.3) is 11.4 Å². The highest BCUT2D eigenvalue weighted by Gasteiger charge is 2.56. The van der Waals surface area contributed by atoms with Crippen molar-refractivity contribution in [2.45, 2.75) is 57.7 Å². The second-order valence-electron chi connectivity index (χ2n) is 7.78. The third kappa shape index (κ3) is 3.63. The van der Waals surface area contributed by atoms with Crippen molar-refractivity contribution in [1.82, 2.24) is 25.8 Å². The Kier molecular flexibility index (Phi) is 5.62. The first-order valence-electron chi connectivity index (χ1n) is 10.3. The lowest BCUT2D eigenvalue weighted by atomic mass is 9.60. The molecule has 0 radical (unpaired) electrons. The number of benzene rings is 1. The fourth-order valence-electron chi connectivity index (χ4n) is 4.81. The van der Waals surface area contributed by atoms with Crippen molar-refractivity contribution in [3.8, 4) is 11.4 Å². The Morgan fingerprint density at radius 1 is 1.36 bits per heavy atom. The number of hydrogen-bond acceptors (Lipinski definition) is 4. The van der Waals surface area contributed by atoms with Gasteiger partial charge in [0.1, 0.15) is 6.33 Å². The zero-order valence-corrected chi connectivity index (χ0v) is 16.7. The highest BCUT2D eigenvalue weighted by molar-refractivity contribution is 5.80. The first kappa shape index (κ1) is 18.9. The van der Waals surface area contributed by atoms with E-state index >= 15 is 0 Å². The molecular formula is C21H30N6O. The number of rotatable bonds is 6. The number of hydrogen-bond donors (Lipinski definition) is 3. The van der Waals surface area contributed by atoms with Crippen LogP contribution in [0.1, 0.15) is 44.6 Å². The second kappa shape index (κ2) is 8.31. The minimum Gasteiger partial charge on any atom is -0.378 e. The van der Waals surface area contributed by atoms with Crippen LogP contribution in [0.5, 0.6) is 0 Å². The molecule has 2 aromatic rings. The number of ether oxygens (including phenoxy) is 1. The monoisotopic (exact) mass is 382 g/mol. The highest BCUT2D eigenvalue weighted by Crippen LogP contribution is 2.54. The molecule has 0 amide bonds. The average molecular weight is 383 g/mol. The van der Waals surface area contributed by atoms with Gasteiger partial charge in [-0.15, -0.1) is 0 Å². The summed E-state index contributed by atoms with van der Waals surface area (Å²) in [7, 11) is 1.83. The normalized spacial score (nSPS) is 23.6. The number of aliphatic imine (C=N–C) groups is 1. The Morgan fingerprint density at radius 2 is 2.21 bits per heavy atom. The maximum Gasteiger partial charge on any atom is 0.191 e. The summed E-state index contributed by atoms with van der Waals surface area (Å²) in [6.45, 7) is 3.60. The molecule has 2 atom stereocenters. The molecule has 4 rings (SSSR count). The van der Waals surface area contributed by atoms with E-state index in [1.165, 1.54) is 37.6 Å². The molecule has 28 heavy (non-hydrogen) atoms. The van der Waals surface area contributed by atoms with Crippen LogP contribution < -0.4 is 10.6 Å². The molecule has 1 heterocycles. The summed E-state index contributed by atoms with van der Waals surface area (Å²) in [4.78, 5) is 8.67. The molecule has 2 saturated carbocycles. The SMILES string of the molecule is CCOC1CC(NC(=NC)NCc2cccc(-c3ncn[nH]3)c2)C12CCCC2. The largest absolute Gasteiger partial charge is 0.378 e. The summed E-state index contributed by atoms with van der Waals surface area (Å²) in [5.41, 5.74) is 2.50. The van der Waals surface area contributed by atoms with Crippen molar-refractivity contribution in [1.29, 1.82) is 0 Å². The molecule has 7 heteroatoms. The molecular weight excluding hydrogens is 352 g/mol. The van der Waals surface area contributed by atoms with Crippen molar-refractivity contribution in [2.24, 2.45) is 10.4 Å². The molecule has 7 nitrogen and oxygen atoms in total. The Morgan fingerprint density at radius 3 is 2.93 bits per heavy atom. The van der Waals surface area contributed by atoms with Gasteiger partial charge in [0.15, 0.2) is 11.8 Å². The number of aromatic amines is 1. The Bertz CT molecular complexity index is 797. The minimum atomic E-state index is 0.292. The summed E-state index contributed by atoms with van der Waals surface area (Å²) >= 11 is 0. The van der Waals surface area contributed by atoms with E-state index in [9.17, 15) is 0 Å². The van der Waals surface area contributed by atoms with E-state index in [1.807, 2.05) is 19.2 Å². The number of aromatic nitrogens is 3. The lowest BCUT2D eigenvalue weighted by molar-refractivity contribution is -0.125. The molecule has 0 saturated heterocycles. The lowest BCUT2D eigenvalue weighted by Gasteiger charge is -2.54. The van der Waals surface area contributed by atoms with Crippen LogP contribution >= 0.6 is 0 Å². The fraction of sp³-hybridized carbons (Fsp3) is 0.571. The average Bonchev–Trinajstić information content (AvgIpc) is 3.43. The van der Waals surface area contributed by atoms with Crippen LogP contribution in [0.15, 0.2) is 35.6 Å². The van der Waals surface area contributed by atoms with Crippen LogP contribution in [0.4, 0.5) is 0 Å². The lowest BCUT2D eigenvalue weighted by Crippen LogP contribution is -2.65. The van der Waals surface area contributed by atoms with Gasteiger partial charge in [0.25, 0.3) is 0 Å². The van der Waals surface area contributed by atoms with Crippen LogP contribution in [-0.2, 0) is 11.3 Å². The first-order chi connectivity index (χ1) is 13.7. The Hall–Kier alpha value is -2.41. The van der Waals surface area contributed by atoms with Gasteiger partial charge < -0.3 is 15.4 Å². The summed E-state index contributed by atoms with van der Waals surface area (Å²) in [6, 6.07) is 8.74. The topological polar surface area (TPSA) is 87.2 Å². The highest BCUT2D eigenvalue weighted by atomic mass is 16.5. The van der Waals surface area contributed by atoms with Gasteiger partial charge in [0.2, 0.25) is 0 Å². The molecule has 1 spiro atoms. The standard InChI is InChI=1S/C21H30N6O/c1-3-28-18-12-17(21(18)9-4-5-10-21)26-20(22-2)23-13-15-7-6-8-16(11-15)19-24-14-25-27-19/h6-8,11,14,17-18H,3-5,9-10,12-13H2,1-2H3,(H2,22,23,26)(H,24,25,27). The van der Waals surface area contributed by atoms with Gasteiger partial charge in [-0.2, -0.15) is 5.10 Å². The summed E-state index contributed by atoms with van der Waals surface area (Å²) in [5, 5.41) is 14.0. The molecule has 0 bridgehead atoms.